The number of carbonyl (C=O) groups is 2. The Bertz CT molecular complexity index is 329. The number of hydrazone groups is 1. The van der Waals surface area contributed by atoms with E-state index in [1.165, 1.54) is 25.0 Å². The molecule has 0 unspecified atom stereocenters. The third-order valence-corrected chi connectivity index (χ3v) is 2.75. The summed E-state index contributed by atoms with van der Waals surface area (Å²) in [6.07, 6.45) is 4.23. The first-order valence-corrected chi connectivity index (χ1v) is 6.36. The molecular formula is C12H21N3O3. The topological polar surface area (TPSA) is 71.0 Å². The summed E-state index contributed by atoms with van der Waals surface area (Å²) in [5, 5.41) is 8.23. The van der Waals surface area contributed by atoms with Crippen LogP contribution in [0, 0.1) is 0 Å². The lowest BCUT2D eigenvalue weighted by Crippen LogP contribution is -2.28. The molecule has 1 rings (SSSR count). The summed E-state index contributed by atoms with van der Waals surface area (Å²) in [7, 11) is 1.30. The summed E-state index contributed by atoms with van der Waals surface area (Å²) >= 11 is 0. The predicted octanol–water partition coefficient (Wildman–Crippen LogP) is 1.51. The molecule has 0 bridgehead atoms. The Morgan fingerprint density at radius 3 is 2.89 bits per heavy atom. The van der Waals surface area contributed by atoms with E-state index in [1.54, 1.807) is 0 Å². The molecule has 6 heteroatoms. The Morgan fingerprint density at radius 1 is 1.44 bits per heavy atom. The highest BCUT2D eigenvalue weighted by Gasteiger charge is 2.23. The number of amides is 2. The van der Waals surface area contributed by atoms with Crippen LogP contribution in [0.3, 0.4) is 0 Å². The zero-order valence-corrected chi connectivity index (χ0v) is 11.1. The summed E-state index contributed by atoms with van der Waals surface area (Å²) in [6, 6.07) is 0. The van der Waals surface area contributed by atoms with Crippen molar-refractivity contribution >= 4 is 17.7 Å². The minimum absolute atomic E-state index is 0.00756. The zero-order valence-electron chi connectivity index (χ0n) is 11.1. The average molecular weight is 255 g/mol. The molecule has 18 heavy (non-hydrogen) atoms. The lowest BCUT2D eigenvalue weighted by Gasteiger charge is -2.10. The molecule has 0 saturated heterocycles. The van der Waals surface area contributed by atoms with Crippen LogP contribution < -0.4 is 5.32 Å². The molecule has 0 aromatic heterocycles. The molecule has 0 aliphatic carbocycles. The van der Waals surface area contributed by atoms with Crippen molar-refractivity contribution in [3.8, 4) is 0 Å². The third-order valence-electron chi connectivity index (χ3n) is 2.75. The monoisotopic (exact) mass is 255 g/mol. The highest BCUT2D eigenvalue weighted by atomic mass is 16.5. The number of ether oxygens (including phenoxy) is 1. The zero-order chi connectivity index (χ0) is 13.4. The molecule has 0 aromatic rings. The van der Waals surface area contributed by atoms with Crippen LogP contribution in [0.25, 0.3) is 0 Å². The number of nitrogens with zero attached hydrogens (tertiary/aromatic N) is 2. The van der Waals surface area contributed by atoms with Crippen molar-refractivity contribution < 1.29 is 14.3 Å². The van der Waals surface area contributed by atoms with Crippen LogP contribution in [0.15, 0.2) is 5.10 Å². The van der Waals surface area contributed by atoms with Crippen molar-refractivity contribution in [2.75, 3.05) is 20.2 Å². The van der Waals surface area contributed by atoms with Gasteiger partial charge in [-0.25, -0.2) is 9.80 Å². The normalized spacial score (nSPS) is 14.7. The molecule has 1 aliphatic rings. The summed E-state index contributed by atoms with van der Waals surface area (Å²) in [4.78, 5) is 22.5. The Hall–Kier alpha value is -1.59. The highest BCUT2D eigenvalue weighted by molar-refractivity contribution is 6.06. The van der Waals surface area contributed by atoms with Gasteiger partial charge in [0.05, 0.1) is 25.8 Å². The maximum Gasteiger partial charge on any atom is 0.407 e. The van der Waals surface area contributed by atoms with Crippen molar-refractivity contribution in [3.05, 3.63) is 0 Å². The van der Waals surface area contributed by atoms with Crippen LogP contribution in [0.1, 0.15) is 39.0 Å². The summed E-state index contributed by atoms with van der Waals surface area (Å²) < 4.78 is 4.45. The molecule has 1 heterocycles. The number of hydrogen-bond acceptors (Lipinski definition) is 4. The minimum atomic E-state index is -0.508. The molecule has 102 valence electrons. The van der Waals surface area contributed by atoms with Gasteiger partial charge in [0.1, 0.15) is 0 Å². The van der Waals surface area contributed by atoms with E-state index in [0.717, 1.165) is 12.8 Å². The van der Waals surface area contributed by atoms with Crippen LogP contribution in [-0.2, 0) is 9.53 Å². The van der Waals surface area contributed by atoms with Crippen LogP contribution in [0.4, 0.5) is 4.79 Å². The van der Waals surface area contributed by atoms with Gasteiger partial charge < -0.3 is 10.1 Å². The standard InChI is InChI=1S/C12H21N3O3/c1-3-4-5-6-7-15-11(16)8-10(14-15)9-13-12(17)18-2/h3-9H2,1-2H3,(H,13,17). The molecule has 0 aromatic carbocycles. The number of hydrogen-bond donors (Lipinski definition) is 1. The van der Waals surface area contributed by atoms with Crippen LogP contribution >= 0.6 is 0 Å². The van der Waals surface area contributed by atoms with Gasteiger partial charge in [-0.15, -0.1) is 0 Å². The molecule has 2 amide bonds. The van der Waals surface area contributed by atoms with Crippen molar-refractivity contribution in [1.82, 2.24) is 10.3 Å². The van der Waals surface area contributed by atoms with Crippen LogP contribution in [-0.4, -0.2) is 42.9 Å². The van der Waals surface area contributed by atoms with Gasteiger partial charge >= 0.3 is 6.09 Å². The van der Waals surface area contributed by atoms with Crippen LogP contribution in [0.2, 0.25) is 0 Å². The second kappa shape index (κ2) is 7.68. The van der Waals surface area contributed by atoms with E-state index in [9.17, 15) is 9.59 Å². The van der Waals surface area contributed by atoms with E-state index in [-0.39, 0.29) is 18.9 Å². The average Bonchev–Trinajstić information content (AvgIpc) is 2.72. The van der Waals surface area contributed by atoms with Gasteiger partial charge in [0.25, 0.3) is 0 Å². The number of methoxy groups -OCH3 is 1. The van der Waals surface area contributed by atoms with E-state index >= 15 is 0 Å². The number of nitrogens with one attached hydrogen (secondary N) is 1. The maximum atomic E-state index is 11.6. The smallest absolute Gasteiger partial charge is 0.407 e. The van der Waals surface area contributed by atoms with E-state index in [2.05, 4.69) is 22.1 Å². The summed E-state index contributed by atoms with van der Waals surface area (Å²) in [6.45, 7) is 3.08. The first-order valence-electron chi connectivity index (χ1n) is 6.36. The van der Waals surface area contributed by atoms with Crippen molar-refractivity contribution in [3.63, 3.8) is 0 Å². The van der Waals surface area contributed by atoms with E-state index in [0.29, 0.717) is 12.3 Å². The van der Waals surface area contributed by atoms with Crippen LogP contribution in [0.5, 0.6) is 0 Å². The Kier molecular flexibility index (Phi) is 6.18. The SMILES string of the molecule is CCCCCCN1N=C(CNC(=O)OC)CC1=O. The molecule has 0 saturated carbocycles. The van der Waals surface area contributed by atoms with Crippen molar-refractivity contribution in [2.45, 2.75) is 39.0 Å². The Balaban J connectivity index is 2.29. The Morgan fingerprint density at radius 2 is 2.22 bits per heavy atom. The first-order chi connectivity index (χ1) is 8.67. The van der Waals surface area contributed by atoms with E-state index < -0.39 is 6.09 Å². The fraction of sp³-hybridized carbons (Fsp3) is 0.750. The molecule has 0 atom stereocenters. The third kappa shape index (κ3) is 4.73. The number of unbranched alkanes of at least 4 members (excludes halogenated alkanes) is 3. The van der Waals surface area contributed by atoms with Crippen molar-refractivity contribution in [1.29, 1.82) is 0 Å². The lowest BCUT2D eigenvalue weighted by molar-refractivity contribution is -0.128. The van der Waals surface area contributed by atoms with Gasteiger partial charge in [0, 0.05) is 6.54 Å². The van der Waals surface area contributed by atoms with Gasteiger partial charge in [-0.2, -0.15) is 5.10 Å². The lowest BCUT2D eigenvalue weighted by atomic mass is 10.2. The van der Waals surface area contributed by atoms with E-state index in [4.69, 9.17) is 0 Å². The predicted molar refractivity (Wildman–Crippen MR) is 68.3 cm³/mol. The van der Waals surface area contributed by atoms with E-state index in [1.807, 2.05) is 0 Å². The van der Waals surface area contributed by atoms with Gasteiger partial charge in [0.2, 0.25) is 5.91 Å². The second-order valence-corrected chi connectivity index (χ2v) is 4.27. The molecule has 0 fully saturated rings. The molecule has 0 spiro atoms. The number of carbonyl (C=O) groups excluding carboxylic acids is 2. The fourth-order valence-corrected chi connectivity index (χ4v) is 1.73. The largest absolute Gasteiger partial charge is 0.453 e. The van der Waals surface area contributed by atoms with Gasteiger partial charge in [-0.05, 0) is 6.42 Å². The first kappa shape index (κ1) is 14.5. The Labute approximate surface area is 107 Å². The van der Waals surface area contributed by atoms with Gasteiger partial charge in [-0.1, -0.05) is 26.2 Å². The minimum Gasteiger partial charge on any atom is -0.453 e. The highest BCUT2D eigenvalue weighted by Crippen LogP contribution is 2.10. The van der Waals surface area contributed by atoms with Gasteiger partial charge in [-0.3, -0.25) is 4.79 Å². The van der Waals surface area contributed by atoms with Gasteiger partial charge in [0.15, 0.2) is 0 Å². The molecular weight excluding hydrogens is 234 g/mol. The molecule has 1 N–H and O–H groups in total. The number of rotatable bonds is 7. The quantitative estimate of drug-likeness (QED) is 0.701. The fourth-order valence-electron chi connectivity index (χ4n) is 1.73. The molecule has 6 nitrogen and oxygen atoms in total. The summed E-state index contributed by atoms with van der Waals surface area (Å²) in [5.74, 6) is 0.00756. The number of alkyl carbamates (subject to hydrolysis) is 1. The summed E-state index contributed by atoms with van der Waals surface area (Å²) in [5.41, 5.74) is 0.681. The second-order valence-electron chi connectivity index (χ2n) is 4.27. The molecule has 1 aliphatic heterocycles. The molecule has 0 radical (unpaired) electrons. The maximum absolute atomic E-state index is 11.6. The van der Waals surface area contributed by atoms with Crippen molar-refractivity contribution in [2.24, 2.45) is 5.10 Å².